The molecule has 0 saturated heterocycles. The number of benzene rings is 1. The number of nitrogens with one attached hydrogen (secondary N) is 1. The molecule has 3 rings (SSSR count). The van der Waals surface area contributed by atoms with E-state index in [1.807, 2.05) is 0 Å². The number of anilines is 1. The topological polar surface area (TPSA) is 104 Å². The maximum absolute atomic E-state index is 14.2. The van der Waals surface area contributed by atoms with Gasteiger partial charge in [-0.1, -0.05) is 0 Å². The van der Waals surface area contributed by atoms with Crippen molar-refractivity contribution in [3.8, 4) is 11.5 Å². The molecule has 1 N–H and O–H groups in total. The minimum absolute atomic E-state index is 0.0329. The lowest BCUT2D eigenvalue weighted by Gasteiger charge is -2.19. The summed E-state index contributed by atoms with van der Waals surface area (Å²) in [6.07, 6.45) is 0.282. The lowest BCUT2D eigenvalue weighted by atomic mass is 10.2. The second kappa shape index (κ2) is 7.26. The Bertz CT molecular complexity index is 1060. The lowest BCUT2D eigenvalue weighted by molar-refractivity contribution is 0.0591. The van der Waals surface area contributed by atoms with E-state index >= 15 is 0 Å². The number of carbonyl (C=O) groups excluding carboxylic acids is 2. The number of rotatable bonds is 3. The molecule has 0 bridgehead atoms. The number of halogens is 1. The van der Waals surface area contributed by atoms with Crippen LogP contribution in [0.2, 0.25) is 0 Å². The number of pyridine rings is 1. The molecule has 2 aromatic heterocycles. The minimum Gasteiger partial charge on any atom is -0.464 e. The van der Waals surface area contributed by atoms with Crippen LogP contribution in [0, 0.1) is 5.82 Å². The molecular formula is C19H18FN3O5. The van der Waals surface area contributed by atoms with Crippen LogP contribution in [0.3, 0.4) is 0 Å². The summed E-state index contributed by atoms with van der Waals surface area (Å²) in [6, 6.07) is 5.95. The second-order valence-electron chi connectivity index (χ2n) is 6.87. The van der Waals surface area contributed by atoms with Crippen molar-refractivity contribution < 1.29 is 27.9 Å². The van der Waals surface area contributed by atoms with E-state index in [4.69, 9.17) is 9.15 Å². The Morgan fingerprint density at radius 2 is 1.96 bits per heavy atom. The Hall–Kier alpha value is -3.49. The fourth-order valence-corrected chi connectivity index (χ4v) is 2.36. The predicted octanol–water partition coefficient (Wildman–Crippen LogP) is 4.16. The summed E-state index contributed by atoms with van der Waals surface area (Å²) in [5.74, 6) is -1.44. The van der Waals surface area contributed by atoms with Crippen molar-refractivity contribution in [2.75, 3.05) is 12.4 Å². The third-order valence-corrected chi connectivity index (χ3v) is 3.51. The number of hydrogen-bond donors (Lipinski definition) is 1. The zero-order valence-electron chi connectivity index (χ0n) is 15.7. The number of esters is 1. The number of nitrogens with zero attached hydrogens (tertiary/aromatic N) is 2. The molecule has 0 fully saturated rings. The van der Waals surface area contributed by atoms with E-state index in [0.717, 1.165) is 6.20 Å². The second-order valence-corrected chi connectivity index (χ2v) is 6.87. The van der Waals surface area contributed by atoms with Gasteiger partial charge >= 0.3 is 12.1 Å². The standard InChI is InChI=1S/C19H18FN3O5/c1-19(2,3)28-18(25)22-10-5-6-15-13(7-10)23-16(27-15)11-8-14(17(24)26-4)21-9-12(11)20/h5-9H,1-4H3,(H,22,25). The zero-order chi connectivity index (χ0) is 20.5. The van der Waals surface area contributed by atoms with Gasteiger partial charge in [0.25, 0.3) is 0 Å². The van der Waals surface area contributed by atoms with Crippen LogP contribution < -0.4 is 5.32 Å². The van der Waals surface area contributed by atoms with Crippen molar-refractivity contribution in [1.82, 2.24) is 9.97 Å². The van der Waals surface area contributed by atoms with Gasteiger partial charge in [0.15, 0.2) is 11.4 Å². The molecule has 0 saturated carbocycles. The third-order valence-electron chi connectivity index (χ3n) is 3.51. The highest BCUT2D eigenvalue weighted by Crippen LogP contribution is 2.28. The van der Waals surface area contributed by atoms with E-state index in [2.05, 4.69) is 20.0 Å². The van der Waals surface area contributed by atoms with E-state index in [9.17, 15) is 14.0 Å². The number of aromatic nitrogens is 2. The Morgan fingerprint density at radius 1 is 1.21 bits per heavy atom. The summed E-state index contributed by atoms with van der Waals surface area (Å²) in [7, 11) is 1.20. The fourth-order valence-electron chi connectivity index (χ4n) is 2.36. The first-order chi connectivity index (χ1) is 13.2. The number of oxazole rings is 1. The third kappa shape index (κ3) is 4.25. The molecule has 0 radical (unpaired) electrons. The summed E-state index contributed by atoms with van der Waals surface area (Å²) >= 11 is 0. The molecule has 1 aromatic carbocycles. The fraction of sp³-hybridized carbons (Fsp3) is 0.263. The molecule has 0 aliphatic carbocycles. The normalized spacial score (nSPS) is 11.3. The summed E-state index contributed by atoms with van der Waals surface area (Å²) in [4.78, 5) is 31.4. The molecule has 9 heteroatoms. The summed E-state index contributed by atoms with van der Waals surface area (Å²) in [5, 5.41) is 2.59. The van der Waals surface area contributed by atoms with Gasteiger partial charge in [-0.05, 0) is 45.0 Å². The van der Waals surface area contributed by atoms with Crippen molar-refractivity contribution in [2.24, 2.45) is 0 Å². The Morgan fingerprint density at radius 3 is 2.64 bits per heavy atom. The van der Waals surface area contributed by atoms with Gasteiger partial charge < -0.3 is 13.9 Å². The number of amides is 1. The van der Waals surface area contributed by atoms with Gasteiger partial charge in [0.1, 0.15) is 16.8 Å². The highest BCUT2D eigenvalue weighted by atomic mass is 19.1. The number of carbonyl (C=O) groups is 2. The van der Waals surface area contributed by atoms with E-state index in [1.54, 1.807) is 39.0 Å². The number of methoxy groups -OCH3 is 1. The Labute approximate surface area is 159 Å². The quantitative estimate of drug-likeness (QED) is 0.673. The van der Waals surface area contributed by atoms with Gasteiger partial charge in [0.05, 0.1) is 18.9 Å². The summed E-state index contributed by atoms with van der Waals surface area (Å²) in [5.41, 5.74) is 0.458. The van der Waals surface area contributed by atoms with Crippen molar-refractivity contribution in [3.63, 3.8) is 0 Å². The smallest absolute Gasteiger partial charge is 0.412 e. The Balaban J connectivity index is 1.91. The van der Waals surface area contributed by atoms with Crippen LogP contribution in [0.15, 0.2) is 34.9 Å². The molecule has 2 heterocycles. The molecular weight excluding hydrogens is 369 g/mol. The number of fused-ring (bicyclic) bond motifs is 1. The van der Waals surface area contributed by atoms with Gasteiger partial charge in [-0.25, -0.2) is 23.9 Å². The molecule has 3 aromatic rings. The summed E-state index contributed by atoms with van der Waals surface area (Å²) in [6.45, 7) is 5.27. The first-order valence-corrected chi connectivity index (χ1v) is 8.31. The first kappa shape index (κ1) is 19.3. The molecule has 0 aliphatic heterocycles. The SMILES string of the molecule is COC(=O)c1cc(-c2nc3cc(NC(=O)OC(C)(C)C)ccc3o2)c(F)cn1. The first-order valence-electron chi connectivity index (χ1n) is 8.31. The molecule has 0 atom stereocenters. The van der Waals surface area contributed by atoms with Crippen LogP contribution >= 0.6 is 0 Å². The van der Waals surface area contributed by atoms with Crippen LogP contribution in [0.4, 0.5) is 14.9 Å². The monoisotopic (exact) mass is 387 g/mol. The van der Waals surface area contributed by atoms with Crippen LogP contribution in [0.5, 0.6) is 0 Å². The highest BCUT2D eigenvalue weighted by Gasteiger charge is 2.19. The van der Waals surface area contributed by atoms with Crippen LogP contribution in [-0.2, 0) is 9.47 Å². The van der Waals surface area contributed by atoms with E-state index in [0.29, 0.717) is 16.8 Å². The van der Waals surface area contributed by atoms with Gasteiger partial charge in [-0.2, -0.15) is 0 Å². The zero-order valence-corrected chi connectivity index (χ0v) is 15.7. The summed E-state index contributed by atoms with van der Waals surface area (Å²) < 4.78 is 29.5. The molecule has 0 unspecified atom stereocenters. The molecule has 146 valence electrons. The highest BCUT2D eigenvalue weighted by molar-refractivity contribution is 5.90. The number of ether oxygens (including phenoxy) is 2. The van der Waals surface area contributed by atoms with Crippen LogP contribution in [0.1, 0.15) is 31.3 Å². The maximum atomic E-state index is 14.2. The average molecular weight is 387 g/mol. The van der Waals surface area contributed by atoms with Gasteiger partial charge in [-0.3, -0.25) is 5.32 Å². The van der Waals surface area contributed by atoms with Gasteiger partial charge in [-0.15, -0.1) is 0 Å². The molecule has 28 heavy (non-hydrogen) atoms. The van der Waals surface area contributed by atoms with Crippen molar-refractivity contribution in [1.29, 1.82) is 0 Å². The van der Waals surface area contributed by atoms with Gasteiger partial charge in [0, 0.05) is 5.69 Å². The van der Waals surface area contributed by atoms with Gasteiger partial charge in [0.2, 0.25) is 5.89 Å². The van der Waals surface area contributed by atoms with Crippen molar-refractivity contribution in [3.05, 3.63) is 42.0 Å². The Kier molecular flexibility index (Phi) is 5.00. The van der Waals surface area contributed by atoms with E-state index in [1.165, 1.54) is 13.2 Å². The number of hydrogen-bond acceptors (Lipinski definition) is 7. The predicted molar refractivity (Wildman–Crippen MR) is 98.4 cm³/mol. The largest absolute Gasteiger partial charge is 0.464 e. The van der Waals surface area contributed by atoms with Crippen molar-refractivity contribution in [2.45, 2.75) is 26.4 Å². The lowest BCUT2D eigenvalue weighted by Crippen LogP contribution is -2.27. The average Bonchev–Trinajstić information content (AvgIpc) is 3.02. The molecule has 0 aliphatic rings. The molecule has 8 nitrogen and oxygen atoms in total. The van der Waals surface area contributed by atoms with E-state index < -0.39 is 23.5 Å². The molecule has 1 amide bonds. The van der Waals surface area contributed by atoms with Crippen molar-refractivity contribution >= 4 is 28.8 Å². The van der Waals surface area contributed by atoms with Crippen LogP contribution in [0.25, 0.3) is 22.6 Å². The molecule has 0 spiro atoms. The van der Waals surface area contributed by atoms with E-state index in [-0.39, 0.29) is 17.1 Å². The van der Waals surface area contributed by atoms with Crippen LogP contribution in [-0.4, -0.2) is 34.7 Å². The maximum Gasteiger partial charge on any atom is 0.412 e. The minimum atomic E-state index is -0.707.